The minimum Gasteiger partial charge on any atom is -0.406 e. The maximum absolute atomic E-state index is 14.0. The zero-order chi connectivity index (χ0) is 23.4. The molecule has 0 bridgehead atoms. The van der Waals surface area contributed by atoms with Crippen molar-refractivity contribution in [3.63, 3.8) is 0 Å². The molecule has 0 aliphatic heterocycles. The van der Waals surface area contributed by atoms with Gasteiger partial charge in [0.05, 0.1) is 0 Å². The molecule has 0 N–H and O–H groups in total. The van der Waals surface area contributed by atoms with Gasteiger partial charge in [-0.25, -0.2) is 4.39 Å². The lowest BCUT2D eigenvalue weighted by molar-refractivity contribution is -0.274. The largest absolute Gasteiger partial charge is 0.573 e. The summed E-state index contributed by atoms with van der Waals surface area (Å²) in [6, 6.07) is 15.4. The Morgan fingerprint density at radius 1 is 0.909 bits per heavy atom. The second-order valence-corrected chi connectivity index (χ2v) is 9.09. The Hall–Kier alpha value is -2.56. The van der Waals surface area contributed by atoms with E-state index in [0.717, 1.165) is 47.6 Å². The predicted octanol–water partition coefficient (Wildman–Crippen LogP) is 8.93. The second kappa shape index (κ2) is 10.1. The van der Waals surface area contributed by atoms with E-state index in [1.807, 2.05) is 12.1 Å². The highest BCUT2D eigenvalue weighted by atomic mass is 19.4. The predicted molar refractivity (Wildman–Crippen MR) is 124 cm³/mol. The number of halogens is 4. The van der Waals surface area contributed by atoms with Gasteiger partial charge in [-0.3, -0.25) is 0 Å². The van der Waals surface area contributed by atoms with Crippen LogP contribution >= 0.6 is 0 Å². The van der Waals surface area contributed by atoms with Crippen LogP contribution in [0, 0.1) is 11.7 Å². The van der Waals surface area contributed by atoms with Crippen molar-refractivity contribution in [1.82, 2.24) is 0 Å². The van der Waals surface area contributed by atoms with Gasteiger partial charge in [-0.15, -0.1) is 13.2 Å². The number of aryl methyl sites for hydroxylation is 1. The van der Waals surface area contributed by atoms with E-state index in [0.29, 0.717) is 5.92 Å². The van der Waals surface area contributed by atoms with Crippen LogP contribution < -0.4 is 4.74 Å². The van der Waals surface area contributed by atoms with Gasteiger partial charge in [0.15, 0.2) is 0 Å². The third-order valence-electron chi connectivity index (χ3n) is 6.85. The molecular weight excluding hydrogens is 428 g/mol. The summed E-state index contributed by atoms with van der Waals surface area (Å²) in [6.45, 7) is 2.20. The highest BCUT2D eigenvalue weighted by Gasteiger charge is 2.33. The number of rotatable bonds is 8. The smallest absolute Gasteiger partial charge is 0.406 e. The maximum Gasteiger partial charge on any atom is 0.573 e. The minimum atomic E-state index is -4.71. The zero-order valence-corrected chi connectivity index (χ0v) is 18.9. The molecule has 0 radical (unpaired) electrons. The van der Waals surface area contributed by atoms with Crippen LogP contribution in [0.15, 0.2) is 54.6 Å². The Balaban J connectivity index is 1.67. The molecule has 176 valence electrons. The van der Waals surface area contributed by atoms with Crippen LogP contribution in [-0.2, 0) is 6.42 Å². The molecule has 0 spiro atoms. The van der Waals surface area contributed by atoms with Gasteiger partial charge in [0.1, 0.15) is 11.6 Å². The molecule has 0 saturated carbocycles. The van der Waals surface area contributed by atoms with E-state index in [1.165, 1.54) is 49.4 Å². The van der Waals surface area contributed by atoms with Crippen molar-refractivity contribution < 1.29 is 22.3 Å². The van der Waals surface area contributed by atoms with Crippen LogP contribution in [0.1, 0.15) is 74.5 Å². The Morgan fingerprint density at radius 2 is 1.64 bits per heavy atom. The fraction of sp³-hybridized carbons (Fsp3) is 0.429. The Bertz CT molecular complexity index is 1070. The molecule has 2 atom stereocenters. The summed E-state index contributed by atoms with van der Waals surface area (Å²) >= 11 is 0. The highest BCUT2D eigenvalue weighted by Crippen LogP contribution is 2.45. The lowest BCUT2D eigenvalue weighted by atomic mass is 9.69. The Morgan fingerprint density at radius 3 is 2.36 bits per heavy atom. The number of ether oxygens (including phenoxy) is 1. The van der Waals surface area contributed by atoms with Crippen LogP contribution in [0.5, 0.6) is 5.75 Å². The average molecular weight is 459 g/mol. The van der Waals surface area contributed by atoms with Gasteiger partial charge >= 0.3 is 6.36 Å². The van der Waals surface area contributed by atoms with Crippen molar-refractivity contribution in [2.24, 2.45) is 5.92 Å². The Kier molecular flexibility index (Phi) is 7.26. The molecule has 0 amide bonds. The van der Waals surface area contributed by atoms with E-state index in [2.05, 4.69) is 17.7 Å². The first kappa shape index (κ1) is 23.6. The molecule has 0 aromatic heterocycles. The lowest BCUT2D eigenvalue weighted by Gasteiger charge is -2.35. The number of hydrogen-bond acceptors (Lipinski definition) is 1. The summed E-state index contributed by atoms with van der Waals surface area (Å²) in [5.74, 6) is 0.0187. The van der Waals surface area contributed by atoms with Crippen molar-refractivity contribution in [3.8, 4) is 5.75 Å². The number of alkyl halides is 3. The Labute approximate surface area is 192 Å². The normalized spacial score (nSPS) is 18.3. The van der Waals surface area contributed by atoms with Crippen LogP contribution in [0.25, 0.3) is 10.8 Å². The molecule has 3 aromatic carbocycles. The van der Waals surface area contributed by atoms with Crippen molar-refractivity contribution in [2.75, 3.05) is 0 Å². The molecule has 1 nitrogen and oxygen atoms in total. The molecule has 5 heteroatoms. The zero-order valence-electron chi connectivity index (χ0n) is 18.9. The molecule has 0 unspecified atom stereocenters. The molecule has 0 heterocycles. The highest BCUT2D eigenvalue weighted by molar-refractivity contribution is 5.87. The first-order valence-corrected chi connectivity index (χ1v) is 11.9. The van der Waals surface area contributed by atoms with Gasteiger partial charge in [-0.2, -0.15) is 0 Å². The molecule has 33 heavy (non-hydrogen) atoms. The van der Waals surface area contributed by atoms with Gasteiger partial charge in [-0.1, -0.05) is 69.4 Å². The van der Waals surface area contributed by atoms with Crippen LogP contribution in [-0.4, -0.2) is 6.36 Å². The average Bonchev–Trinajstić information content (AvgIpc) is 2.78. The summed E-state index contributed by atoms with van der Waals surface area (Å²) in [7, 11) is 0. The van der Waals surface area contributed by atoms with Gasteiger partial charge in [0.25, 0.3) is 0 Å². The monoisotopic (exact) mass is 458 g/mol. The first-order valence-electron chi connectivity index (χ1n) is 11.9. The standard InChI is InChI=1S/C28H30F4O/c1-2-3-4-5-6-7-20-12-16-24-25(17-11-19-8-13-22(29)18-26(19)24)27(20)21-9-14-23(15-10-21)33-28(30,31)32/h8-11,13-15,17-18,20,27H,2-7,12,16H2,1H3/t20-,27-/m1/s1. The first-order chi connectivity index (χ1) is 15.9. The fourth-order valence-corrected chi connectivity index (χ4v) is 5.34. The van der Waals surface area contributed by atoms with Crippen LogP contribution in [0.3, 0.4) is 0 Å². The number of benzene rings is 3. The van der Waals surface area contributed by atoms with Crippen LogP contribution in [0.4, 0.5) is 17.6 Å². The molecule has 4 rings (SSSR count). The molecule has 1 aliphatic carbocycles. The molecular formula is C28H30F4O. The van der Waals surface area contributed by atoms with E-state index < -0.39 is 6.36 Å². The fourth-order valence-electron chi connectivity index (χ4n) is 5.34. The van der Waals surface area contributed by atoms with E-state index in [-0.39, 0.29) is 17.5 Å². The maximum atomic E-state index is 14.0. The van der Waals surface area contributed by atoms with Crippen molar-refractivity contribution >= 4 is 10.8 Å². The summed E-state index contributed by atoms with van der Waals surface area (Å²) in [4.78, 5) is 0. The number of fused-ring (bicyclic) bond motifs is 3. The van der Waals surface area contributed by atoms with Gasteiger partial charge in [-0.05, 0) is 76.9 Å². The number of hydrogen-bond donors (Lipinski definition) is 0. The summed E-state index contributed by atoms with van der Waals surface area (Å²) < 4.78 is 56.0. The minimum absolute atomic E-state index is 0.0764. The molecule has 1 aliphatic rings. The van der Waals surface area contributed by atoms with E-state index >= 15 is 0 Å². The topological polar surface area (TPSA) is 9.23 Å². The van der Waals surface area contributed by atoms with E-state index in [4.69, 9.17) is 0 Å². The van der Waals surface area contributed by atoms with Gasteiger partial charge in [0.2, 0.25) is 0 Å². The van der Waals surface area contributed by atoms with Crippen molar-refractivity contribution in [3.05, 3.63) is 77.1 Å². The lowest BCUT2D eigenvalue weighted by Crippen LogP contribution is -2.22. The van der Waals surface area contributed by atoms with Crippen molar-refractivity contribution in [1.29, 1.82) is 0 Å². The third kappa shape index (κ3) is 5.69. The van der Waals surface area contributed by atoms with Gasteiger partial charge < -0.3 is 4.74 Å². The second-order valence-electron chi connectivity index (χ2n) is 9.09. The molecule has 3 aromatic rings. The SMILES string of the molecule is CCCCCCC[C@@H]1CCc2c(ccc3ccc(F)cc23)[C@H]1c1ccc(OC(F)(F)F)cc1. The van der Waals surface area contributed by atoms with E-state index in [9.17, 15) is 17.6 Å². The van der Waals surface area contributed by atoms with Gasteiger partial charge in [0, 0.05) is 5.92 Å². The molecule has 0 saturated heterocycles. The summed E-state index contributed by atoms with van der Waals surface area (Å²) in [5.41, 5.74) is 3.32. The quantitative estimate of drug-likeness (QED) is 0.242. The van der Waals surface area contributed by atoms with E-state index in [1.54, 1.807) is 18.2 Å². The third-order valence-corrected chi connectivity index (χ3v) is 6.85. The molecule has 0 fully saturated rings. The number of unbranched alkanes of at least 4 members (excludes halogenated alkanes) is 4. The summed E-state index contributed by atoms with van der Waals surface area (Å²) in [5, 5.41) is 1.96. The summed E-state index contributed by atoms with van der Waals surface area (Å²) in [6.07, 6.45) is 4.28. The van der Waals surface area contributed by atoms with Crippen LogP contribution in [0.2, 0.25) is 0 Å². The van der Waals surface area contributed by atoms with Crippen molar-refractivity contribution in [2.45, 2.75) is 70.6 Å².